The van der Waals surface area contributed by atoms with Gasteiger partial charge < -0.3 is 10.5 Å². The van der Waals surface area contributed by atoms with E-state index in [4.69, 9.17) is 10.5 Å². The van der Waals surface area contributed by atoms with E-state index in [9.17, 15) is 4.79 Å². The molecule has 0 saturated carbocycles. The van der Waals surface area contributed by atoms with Crippen molar-refractivity contribution in [1.82, 2.24) is 9.78 Å². The Morgan fingerprint density at radius 2 is 2.05 bits per heavy atom. The molecule has 0 aliphatic heterocycles. The molecule has 2 N–H and O–H groups in total. The van der Waals surface area contributed by atoms with Crippen molar-refractivity contribution in [3.63, 3.8) is 0 Å². The van der Waals surface area contributed by atoms with Crippen LogP contribution in [0.1, 0.15) is 5.56 Å². The van der Waals surface area contributed by atoms with Gasteiger partial charge in [0.2, 0.25) is 0 Å². The molecule has 1 aromatic heterocycles. The number of nitrogens with two attached hydrogens (primary N) is 1. The van der Waals surface area contributed by atoms with Crippen LogP contribution in [0.2, 0.25) is 0 Å². The van der Waals surface area contributed by atoms with Crippen LogP contribution in [0.5, 0.6) is 5.75 Å². The summed E-state index contributed by atoms with van der Waals surface area (Å²) in [6.45, 7) is 0.317. The number of nitrogen functional groups attached to an aromatic ring is 1. The lowest BCUT2D eigenvalue weighted by Crippen LogP contribution is -2.23. The molecule has 0 saturated heterocycles. The second-order valence-corrected chi connectivity index (χ2v) is 4.77. The smallest absolute Gasteiger partial charge is 0.274 e. The molecule has 0 aliphatic rings. The first-order valence-corrected chi connectivity index (χ1v) is 6.56. The molecule has 0 spiro atoms. The topological polar surface area (TPSA) is 70.1 Å². The van der Waals surface area contributed by atoms with Crippen LogP contribution < -0.4 is 16.0 Å². The second-order valence-electron chi connectivity index (χ2n) is 4.77. The fourth-order valence-electron chi connectivity index (χ4n) is 2.32. The van der Waals surface area contributed by atoms with Gasteiger partial charge in [-0.2, -0.15) is 5.10 Å². The van der Waals surface area contributed by atoms with Crippen molar-refractivity contribution < 1.29 is 4.74 Å². The van der Waals surface area contributed by atoms with Crippen molar-refractivity contribution in [3.05, 3.63) is 64.6 Å². The molecule has 1 heterocycles. The normalized spacial score (nSPS) is 10.7. The van der Waals surface area contributed by atoms with E-state index in [1.807, 2.05) is 18.2 Å². The molecule has 0 unspecified atom stereocenters. The lowest BCUT2D eigenvalue weighted by atomic mass is 10.1. The van der Waals surface area contributed by atoms with Gasteiger partial charge in [0.05, 0.1) is 25.2 Å². The van der Waals surface area contributed by atoms with Gasteiger partial charge in [0, 0.05) is 16.6 Å². The zero-order valence-electron chi connectivity index (χ0n) is 11.6. The van der Waals surface area contributed by atoms with Crippen LogP contribution in [0.4, 0.5) is 5.69 Å². The average Bonchev–Trinajstić information content (AvgIpc) is 2.51. The molecule has 0 radical (unpaired) electrons. The summed E-state index contributed by atoms with van der Waals surface area (Å²) in [5, 5.41) is 5.69. The van der Waals surface area contributed by atoms with Crippen molar-refractivity contribution in [3.8, 4) is 5.75 Å². The van der Waals surface area contributed by atoms with Crippen LogP contribution >= 0.6 is 0 Å². The van der Waals surface area contributed by atoms with E-state index in [2.05, 4.69) is 5.10 Å². The SMILES string of the molecule is COc1ccc(N)cc1Cn1ncc2ccccc2c1=O. The minimum atomic E-state index is -0.127. The molecular weight excluding hydrogens is 266 g/mol. The predicted octanol–water partition coefficient (Wildman–Crippen LogP) is 2.04. The van der Waals surface area contributed by atoms with Gasteiger partial charge in [0.25, 0.3) is 5.56 Å². The summed E-state index contributed by atoms with van der Waals surface area (Å²) in [6.07, 6.45) is 1.69. The van der Waals surface area contributed by atoms with Crippen LogP contribution in [-0.4, -0.2) is 16.9 Å². The zero-order valence-corrected chi connectivity index (χ0v) is 11.6. The first-order chi connectivity index (χ1) is 10.2. The maximum atomic E-state index is 12.4. The van der Waals surface area contributed by atoms with Crippen molar-refractivity contribution in [2.45, 2.75) is 6.54 Å². The van der Waals surface area contributed by atoms with Crippen molar-refractivity contribution in [1.29, 1.82) is 0 Å². The Balaban J connectivity index is 2.08. The van der Waals surface area contributed by atoms with E-state index in [1.54, 1.807) is 37.6 Å². The summed E-state index contributed by atoms with van der Waals surface area (Å²) < 4.78 is 6.72. The van der Waals surface area contributed by atoms with Crippen LogP contribution in [0, 0.1) is 0 Å². The van der Waals surface area contributed by atoms with Gasteiger partial charge >= 0.3 is 0 Å². The van der Waals surface area contributed by atoms with Gasteiger partial charge in [-0.25, -0.2) is 4.68 Å². The van der Waals surface area contributed by atoms with Crippen LogP contribution in [-0.2, 0) is 6.54 Å². The summed E-state index contributed by atoms with van der Waals surface area (Å²) in [4.78, 5) is 12.4. The highest BCUT2D eigenvalue weighted by atomic mass is 16.5. The number of aromatic nitrogens is 2. The third-order valence-electron chi connectivity index (χ3n) is 3.39. The fraction of sp³-hybridized carbons (Fsp3) is 0.125. The van der Waals surface area contributed by atoms with Gasteiger partial charge in [-0.1, -0.05) is 18.2 Å². The van der Waals surface area contributed by atoms with E-state index >= 15 is 0 Å². The van der Waals surface area contributed by atoms with Crippen LogP contribution in [0.15, 0.2) is 53.5 Å². The maximum absolute atomic E-state index is 12.4. The summed E-state index contributed by atoms with van der Waals surface area (Å²) in [6, 6.07) is 12.7. The molecule has 3 aromatic rings. The number of ether oxygens (including phenoxy) is 1. The quantitative estimate of drug-likeness (QED) is 0.746. The first-order valence-electron chi connectivity index (χ1n) is 6.56. The Bertz CT molecular complexity index is 856. The Labute approximate surface area is 121 Å². The van der Waals surface area contributed by atoms with Gasteiger partial charge in [-0.3, -0.25) is 4.79 Å². The highest BCUT2D eigenvalue weighted by Gasteiger charge is 2.08. The van der Waals surface area contributed by atoms with E-state index in [0.29, 0.717) is 23.4 Å². The third kappa shape index (κ3) is 2.45. The largest absolute Gasteiger partial charge is 0.496 e. The molecule has 0 amide bonds. The molecule has 0 atom stereocenters. The highest BCUT2D eigenvalue weighted by molar-refractivity contribution is 5.80. The lowest BCUT2D eigenvalue weighted by Gasteiger charge is -2.11. The molecule has 2 aromatic carbocycles. The molecule has 0 bridgehead atoms. The number of nitrogens with zero attached hydrogens (tertiary/aromatic N) is 2. The van der Waals surface area contributed by atoms with Crippen LogP contribution in [0.3, 0.4) is 0 Å². The van der Waals surface area contributed by atoms with Crippen molar-refractivity contribution in [2.24, 2.45) is 0 Å². The molecule has 3 rings (SSSR count). The number of benzene rings is 2. The van der Waals surface area contributed by atoms with E-state index < -0.39 is 0 Å². The van der Waals surface area contributed by atoms with Gasteiger partial charge in [0.1, 0.15) is 5.75 Å². The summed E-state index contributed by atoms with van der Waals surface area (Å²) in [7, 11) is 1.59. The Morgan fingerprint density at radius 3 is 2.86 bits per heavy atom. The summed E-state index contributed by atoms with van der Waals surface area (Å²) in [5.41, 5.74) is 7.12. The lowest BCUT2D eigenvalue weighted by molar-refractivity contribution is 0.407. The monoisotopic (exact) mass is 281 g/mol. The highest BCUT2D eigenvalue weighted by Crippen LogP contribution is 2.21. The number of rotatable bonds is 3. The first kappa shape index (κ1) is 13.2. The Hall–Kier alpha value is -2.82. The minimum Gasteiger partial charge on any atom is -0.496 e. The van der Waals surface area contributed by atoms with Crippen molar-refractivity contribution >= 4 is 16.5 Å². The predicted molar refractivity (Wildman–Crippen MR) is 82.5 cm³/mol. The molecule has 0 aliphatic carbocycles. The number of anilines is 1. The number of hydrogen-bond donors (Lipinski definition) is 1. The molecular formula is C16H15N3O2. The standard InChI is InChI=1S/C16H15N3O2/c1-21-15-7-6-13(17)8-12(15)10-19-16(20)14-5-3-2-4-11(14)9-18-19/h2-9H,10,17H2,1H3. The van der Waals surface area contributed by atoms with Crippen LogP contribution in [0.25, 0.3) is 10.8 Å². The summed E-state index contributed by atoms with van der Waals surface area (Å²) in [5.74, 6) is 0.686. The number of fused-ring (bicyclic) bond motifs is 1. The Kier molecular flexibility index (Phi) is 3.31. The zero-order chi connectivity index (χ0) is 14.8. The van der Waals surface area contributed by atoms with E-state index in [-0.39, 0.29) is 5.56 Å². The van der Waals surface area contributed by atoms with Crippen molar-refractivity contribution in [2.75, 3.05) is 12.8 Å². The maximum Gasteiger partial charge on any atom is 0.274 e. The van der Waals surface area contributed by atoms with E-state index in [0.717, 1.165) is 10.9 Å². The molecule has 5 nitrogen and oxygen atoms in total. The molecule has 21 heavy (non-hydrogen) atoms. The van der Waals surface area contributed by atoms with Gasteiger partial charge in [-0.05, 0) is 24.3 Å². The average molecular weight is 281 g/mol. The van der Waals surface area contributed by atoms with Gasteiger partial charge in [0.15, 0.2) is 0 Å². The molecule has 5 heteroatoms. The minimum absolute atomic E-state index is 0.127. The number of hydrogen-bond acceptors (Lipinski definition) is 4. The third-order valence-corrected chi connectivity index (χ3v) is 3.39. The van der Waals surface area contributed by atoms with E-state index in [1.165, 1.54) is 4.68 Å². The molecule has 106 valence electrons. The number of methoxy groups -OCH3 is 1. The summed E-state index contributed by atoms with van der Waals surface area (Å²) >= 11 is 0. The molecule has 0 fully saturated rings. The Morgan fingerprint density at radius 1 is 1.24 bits per heavy atom. The van der Waals surface area contributed by atoms with Gasteiger partial charge in [-0.15, -0.1) is 0 Å². The second kappa shape index (κ2) is 5.28. The fourth-order valence-corrected chi connectivity index (χ4v) is 2.32.